The molecule has 122 valence electrons. The summed E-state index contributed by atoms with van der Waals surface area (Å²) in [5.74, 6) is -0.0190. The molecule has 22 heavy (non-hydrogen) atoms. The lowest BCUT2D eigenvalue weighted by Gasteiger charge is -2.15. The first-order valence-corrected chi connectivity index (χ1v) is 9.05. The second-order valence-electron chi connectivity index (χ2n) is 5.36. The number of nitrogens with zero attached hydrogens (tertiary/aromatic N) is 1. The van der Waals surface area contributed by atoms with Gasteiger partial charge in [0.1, 0.15) is 0 Å². The van der Waals surface area contributed by atoms with Gasteiger partial charge in [0.25, 0.3) is 0 Å². The van der Waals surface area contributed by atoms with Crippen LogP contribution in [0.3, 0.4) is 0 Å². The maximum atomic E-state index is 12.3. The zero-order valence-corrected chi connectivity index (χ0v) is 13.9. The zero-order chi connectivity index (χ0) is 16.2. The van der Waals surface area contributed by atoms with Crippen LogP contribution in [-0.2, 0) is 21.2 Å². The summed E-state index contributed by atoms with van der Waals surface area (Å²) in [5, 5.41) is 3.15. The fraction of sp³-hybridized carbons (Fsp3) is 0.533. The van der Waals surface area contributed by atoms with Crippen LogP contribution < -0.4 is 14.9 Å². The Labute approximate surface area is 131 Å². The fourth-order valence-electron chi connectivity index (χ4n) is 2.53. The number of hydrogen-bond donors (Lipinski definition) is 2. The van der Waals surface area contributed by atoms with Crippen molar-refractivity contribution < 1.29 is 13.2 Å². The van der Waals surface area contributed by atoms with Gasteiger partial charge in [-0.15, -0.1) is 0 Å². The van der Waals surface area contributed by atoms with Crippen molar-refractivity contribution in [2.24, 2.45) is 0 Å². The smallest absolute Gasteiger partial charge is 0.240 e. The maximum absolute atomic E-state index is 12.3. The van der Waals surface area contributed by atoms with Crippen molar-refractivity contribution in [2.75, 3.05) is 31.1 Å². The summed E-state index contributed by atoms with van der Waals surface area (Å²) in [6.07, 6.45) is 1.71. The van der Waals surface area contributed by atoms with Gasteiger partial charge in [0.2, 0.25) is 15.9 Å². The molecule has 0 unspecified atom stereocenters. The van der Waals surface area contributed by atoms with Gasteiger partial charge in [-0.1, -0.05) is 6.92 Å². The van der Waals surface area contributed by atoms with Gasteiger partial charge in [-0.05, 0) is 43.1 Å². The summed E-state index contributed by atoms with van der Waals surface area (Å²) in [7, 11) is -3.50. The van der Waals surface area contributed by atoms with Gasteiger partial charge in [0.05, 0.1) is 4.90 Å². The number of amides is 1. The predicted molar refractivity (Wildman–Crippen MR) is 86.5 cm³/mol. The number of carbonyl (C=O) groups excluding carboxylic acids is 1. The fourth-order valence-corrected chi connectivity index (χ4v) is 3.61. The Morgan fingerprint density at radius 3 is 2.73 bits per heavy atom. The number of fused-ring (bicyclic) bond motifs is 1. The van der Waals surface area contributed by atoms with Crippen molar-refractivity contribution >= 4 is 21.6 Å². The van der Waals surface area contributed by atoms with E-state index in [9.17, 15) is 13.2 Å². The van der Waals surface area contributed by atoms with Gasteiger partial charge in [-0.3, -0.25) is 4.79 Å². The SMILES string of the molecule is CCCNCCNS(=O)(=O)c1ccc2c(c1)CCN2C(C)=O. The molecule has 0 bridgehead atoms. The van der Waals surface area contributed by atoms with Gasteiger partial charge < -0.3 is 10.2 Å². The van der Waals surface area contributed by atoms with Crippen LogP contribution in [0.1, 0.15) is 25.8 Å². The number of sulfonamides is 1. The molecule has 2 N–H and O–H groups in total. The average Bonchev–Trinajstić information content (AvgIpc) is 2.90. The number of benzene rings is 1. The van der Waals surface area contributed by atoms with Gasteiger partial charge in [-0.25, -0.2) is 13.1 Å². The second-order valence-corrected chi connectivity index (χ2v) is 7.13. The first-order valence-electron chi connectivity index (χ1n) is 7.57. The van der Waals surface area contributed by atoms with E-state index in [1.54, 1.807) is 23.1 Å². The molecule has 7 heteroatoms. The Morgan fingerprint density at radius 1 is 1.27 bits per heavy atom. The van der Waals surface area contributed by atoms with Crippen molar-refractivity contribution in [2.45, 2.75) is 31.6 Å². The van der Waals surface area contributed by atoms with E-state index in [0.717, 1.165) is 24.2 Å². The first-order chi connectivity index (χ1) is 10.5. The minimum Gasteiger partial charge on any atom is -0.315 e. The van der Waals surface area contributed by atoms with E-state index in [4.69, 9.17) is 0 Å². The van der Waals surface area contributed by atoms with E-state index in [1.165, 1.54) is 6.92 Å². The molecule has 0 spiro atoms. The topological polar surface area (TPSA) is 78.5 Å². The number of hydrogen-bond acceptors (Lipinski definition) is 4. The van der Waals surface area contributed by atoms with E-state index in [0.29, 0.717) is 26.1 Å². The number of rotatable bonds is 7. The molecule has 0 atom stereocenters. The summed E-state index contributed by atoms with van der Waals surface area (Å²) >= 11 is 0. The number of anilines is 1. The molecule has 0 radical (unpaired) electrons. The summed E-state index contributed by atoms with van der Waals surface area (Å²) in [6.45, 7) is 6.04. The monoisotopic (exact) mass is 325 g/mol. The largest absolute Gasteiger partial charge is 0.315 e. The lowest BCUT2D eigenvalue weighted by molar-refractivity contribution is -0.116. The summed E-state index contributed by atoms with van der Waals surface area (Å²) < 4.78 is 27.1. The Balaban J connectivity index is 2.05. The van der Waals surface area contributed by atoms with E-state index in [1.807, 2.05) is 0 Å². The van der Waals surface area contributed by atoms with Crippen molar-refractivity contribution in [3.05, 3.63) is 23.8 Å². The summed E-state index contributed by atoms with van der Waals surface area (Å²) in [4.78, 5) is 13.4. The van der Waals surface area contributed by atoms with Crippen molar-refractivity contribution in [3.8, 4) is 0 Å². The predicted octanol–water partition coefficient (Wildman–Crippen LogP) is 0.873. The van der Waals surface area contributed by atoms with Crippen LogP contribution in [0.25, 0.3) is 0 Å². The van der Waals surface area contributed by atoms with Crippen LogP contribution in [0.4, 0.5) is 5.69 Å². The first kappa shape index (κ1) is 16.9. The lowest BCUT2D eigenvalue weighted by atomic mass is 10.2. The Kier molecular flexibility index (Phi) is 5.55. The minimum atomic E-state index is -3.50. The third kappa shape index (κ3) is 3.85. The van der Waals surface area contributed by atoms with Gasteiger partial charge in [0, 0.05) is 32.2 Å². The minimum absolute atomic E-state index is 0.0190. The van der Waals surface area contributed by atoms with Crippen LogP contribution in [0, 0.1) is 0 Å². The highest BCUT2D eigenvalue weighted by atomic mass is 32.2. The van der Waals surface area contributed by atoms with Crippen molar-refractivity contribution in [3.63, 3.8) is 0 Å². The summed E-state index contributed by atoms with van der Waals surface area (Å²) in [5.41, 5.74) is 1.72. The van der Waals surface area contributed by atoms with Gasteiger partial charge in [-0.2, -0.15) is 0 Å². The third-order valence-electron chi connectivity index (χ3n) is 3.66. The molecule has 0 saturated carbocycles. The van der Waals surface area contributed by atoms with Crippen LogP contribution in [0.15, 0.2) is 23.1 Å². The molecule has 1 aromatic carbocycles. The molecule has 0 saturated heterocycles. The summed E-state index contributed by atoms with van der Waals surface area (Å²) in [6, 6.07) is 4.94. The Morgan fingerprint density at radius 2 is 2.05 bits per heavy atom. The average molecular weight is 325 g/mol. The third-order valence-corrected chi connectivity index (χ3v) is 5.12. The van der Waals surface area contributed by atoms with Gasteiger partial charge >= 0.3 is 0 Å². The molecule has 1 aliphatic heterocycles. The lowest BCUT2D eigenvalue weighted by Crippen LogP contribution is -2.32. The van der Waals surface area contributed by atoms with Crippen LogP contribution in [-0.4, -0.2) is 40.5 Å². The molecule has 6 nitrogen and oxygen atoms in total. The number of nitrogens with one attached hydrogen (secondary N) is 2. The highest BCUT2D eigenvalue weighted by Crippen LogP contribution is 2.30. The van der Waals surface area contributed by atoms with Crippen molar-refractivity contribution in [1.29, 1.82) is 0 Å². The molecule has 2 rings (SSSR count). The van der Waals surface area contributed by atoms with Gasteiger partial charge in [0.15, 0.2) is 0 Å². The molecule has 1 aromatic rings. The second kappa shape index (κ2) is 7.21. The molecular formula is C15H23N3O3S. The van der Waals surface area contributed by atoms with Crippen LogP contribution >= 0.6 is 0 Å². The standard InChI is InChI=1S/C15H23N3O3S/c1-3-7-16-8-9-17-22(20,21)14-4-5-15-13(11-14)6-10-18(15)12(2)19/h4-5,11,16-17H,3,6-10H2,1-2H3. The molecule has 1 heterocycles. The molecule has 0 aromatic heterocycles. The van der Waals surface area contributed by atoms with E-state index in [2.05, 4.69) is 17.0 Å². The Bertz CT molecular complexity index is 643. The highest BCUT2D eigenvalue weighted by molar-refractivity contribution is 7.89. The van der Waals surface area contributed by atoms with E-state index in [-0.39, 0.29) is 10.8 Å². The molecule has 1 amide bonds. The van der Waals surface area contributed by atoms with Crippen molar-refractivity contribution in [1.82, 2.24) is 10.0 Å². The normalized spacial score (nSPS) is 14.2. The Hall–Kier alpha value is -1.44. The molecule has 0 aliphatic carbocycles. The highest BCUT2D eigenvalue weighted by Gasteiger charge is 2.24. The molecular weight excluding hydrogens is 302 g/mol. The van der Waals surface area contributed by atoms with E-state index >= 15 is 0 Å². The quantitative estimate of drug-likeness (QED) is 0.729. The molecule has 0 fully saturated rings. The molecule has 1 aliphatic rings. The van der Waals surface area contributed by atoms with Crippen LogP contribution in [0.2, 0.25) is 0 Å². The van der Waals surface area contributed by atoms with E-state index < -0.39 is 10.0 Å². The zero-order valence-electron chi connectivity index (χ0n) is 13.1. The van der Waals surface area contributed by atoms with Crippen LogP contribution in [0.5, 0.6) is 0 Å². The number of carbonyl (C=O) groups is 1. The maximum Gasteiger partial charge on any atom is 0.240 e.